The van der Waals surface area contributed by atoms with E-state index in [-0.39, 0.29) is 4.88 Å². The minimum absolute atomic E-state index is 0.238. The van der Waals surface area contributed by atoms with E-state index < -0.39 is 5.85 Å². The molecule has 0 saturated heterocycles. The molecule has 1 N–H and O–H groups in total. The molecule has 50 valence electrons. The lowest BCUT2D eigenvalue weighted by atomic mass is 10.3. The van der Waals surface area contributed by atoms with Crippen LogP contribution in [0.4, 0.5) is 4.39 Å². The van der Waals surface area contributed by atoms with Gasteiger partial charge in [-0.2, -0.15) is 0 Å². The summed E-state index contributed by atoms with van der Waals surface area (Å²) in [6.45, 7) is 1.08. The van der Waals surface area contributed by atoms with Gasteiger partial charge >= 0.3 is 0 Å². The Labute approximate surface area is 56.0 Å². The highest BCUT2D eigenvalue weighted by atomic mass is 32.1. The summed E-state index contributed by atoms with van der Waals surface area (Å²) in [6, 6.07) is 0. The molecule has 1 rings (SSSR count). The van der Waals surface area contributed by atoms with E-state index in [1.165, 1.54) is 11.7 Å². The second-order valence-electron chi connectivity index (χ2n) is 1.82. The minimum atomic E-state index is -2.22. The van der Waals surface area contributed by atoms with Gasteiger partial charge < -0.3 is 5.11 Å². The number of aliphatic hydroxyl groups is 1. The highest BCUT2D eigenvalue weighted by Gasteiger charge is 2.22. The summed E-state index contributed by atoms with van der Waals surface area (Å²) in [5.41, 5.74) is 1.48. The van der Waals surface area contributed by atoms with Gasteiger partial charge in [0.05, 0.1) is 10.4 Å². The third kappa shape index (κ3) is 1.46. The van der Waals surface area contributed by atoms with Gasteiger partial charge in [0.15, 0.2) is 0 Å². The minimum Gasteiger partial charge on any atom is -0.358 e. The predicted molar refractivity (Wildman–Crippen MR) is 32.8 cm³/mol. The maximum atomic E-state index is 12.5. The van der Waals surface area contributed by atoms with Crippen molar-refractivity contribution in [2.45, 2.75) is 12.8 Å². The van der Waals surface area contributed by atoms with E-state index in [0.29, 0.717) is 0 Å². The van der Waals surface area contributed by atoms with Gasteiger partial charge in [-0.3, -0.25) is 4.98 Å². The van der Waals surface area contributed by atoms with E-state index in [1.54, 1.807) is 0 Å². The van der Waals surface area contributed by atoms with Crippen molar-refractivity contribution >= 4 is 11.3 Å². The molecule has 1 aromatic rings. The quantitative estimate of drug-likeness (QED) is 0.649. The number of thiazole rings is 1. The summed E-state index contributed by atoms with van der Waals surface area (Å²) in [4.78, 5) is 3.85. The van der Waals surface area contributed by atoms with Crippen molar-refractivity contribution in [3.8, 4) is 0 Å². The fourth-order valence-electron chi connectivity index (χ4n) is 0.441. The van der Waals surface area contributed by atoms with Gasteiger partial charge in [-0.05, 0) is 6.92 Å². The Kier molecular flexibility index (Phi) is 1.50. The van der Waals surface area contributed by atoms with Crippen molar-refractivity contribution < 1.29 is 9.50 Å². The van der Waals surface area contributed by atoms with Crippen molar-refractivity contribution in [2.75, 3.05) is 0 Å². The van der Waals surface area contributed by atoms with Gasteiger partial charge in [-0.1, -0.05) is 0 Å². The van der Waals surface area contributed by atoms with E-state index in [2.05, 4.69) is 4.98 Å². The van der Waals surface area contributed by atoms with Crippen LogP contribution in [-0.2, 0) is 5.85 Å². The average Bonchev–Trinajstić information content (AvgIpc) is 2.08. The molecule has 0 radical (unpaired) electrons. The lowest BCUT2D eigenvalue weighted by molar-refractivity contribution is -0.0737. The fraction of sp³-hybridized carbons (Fsp3) is 0.400. The first kappa shape index (κ1) is 6.64. The van der Waals surface area contributed by atoms with Gasteiger partial charge in [0.25, 0.3) is 0 Å². The number of alkyl halides is 1. The Morgan fingerprint density at radius 1 is 1.89 bits per heavy atom. The number of aromatic nitrogens is 1. The Balaban J connectivity index is 2.90. The molecule has 0 saturated carbocycles. The molecule has 0 fully saturated rings. The summed E-state index contributed by atoms with van der Waals surface area (Å²) in [7, 11) is 0. The fourth-order valence-corrected chi connectivity index (χ4v) is 1.01. The second-order valence-corrected chi connectivity index (χ2v) is 2.71. The highest BCUT2D eigenvalue weighted by molar-refractivity contribution is 7.09. The smallest absolute Gasteiger partial charge is 0.240 e. The number of hydrogen-bond donors (Lipinski definition) is 1. The summed E-state index contributed by atoms with van der Waals surface area (Å²) in [6.07, 6.45) is 1.31. The van der Waals surface area contributed by atoms with Crippen LogP contribution in [-0.4, -0.2) is 10.1 Å². The van der Waals surface area contributed by atoms with Crippen molar-refractivity contribution in [1.82, 2.24) is 4.98 Å². The first-order chi connectivity index (χ1) is 4.11. The highest BCUT2D eigenvalue weighted by Crippen LogP contribution is 2.24. The summed E-state index contributed by atoms with van der Waals surface area (Å²) < 4.78 is 12.5. The lowest BCUT2D eigenvalue weighted by Crippen LogP contribution is -2.10. The van der Waals surface area contributed by atoms with E-state index >= 15 is 0 Å². The van der Waals surface area contributed by atoms with Crippen LogP contribution in [0.15, 0.2) is 11.7 Å². The molecule has 4 heteroatoms. The SMILES string of the molecule is CC(O)(F)c1cncs1. The zero-order valence-corrected chi connectivity index (χ0v) is 5.65. The second kappa shape index (κ2) is 2.04. The van der Waals surface area contributed by atoms with Crippen LogP contribution < -0.4 is 0 Å². The van der Waals surface area contributed by atoms with Gasteiger partial charge in [-0.25, -0.2) is 4.39 Å². The zero-order chi connectivity index (χ0) is 6.91. The summed E-state index contributed by atoms with van der Waals surface area (Å²) >= 11 is 1.09. The van der Waals surface area contributed by atoms with Crippen LogP contribution >= 0.6 is 11.3 Å². The molecular weight excluding hydrogens is 141 g/mol. The topological polar surface area (TPSA) is 33.1 Å². The molecular formula is C5H6FNOS. The normalized spacial score (nSPS) is 17.2. The molecule has 0 amide bonds. The number of nitrogens with zero attached hydrogens (tertiary/aromatic N) is 1. The number of rotatable bonds is 1. The molecule has 0 aliphatic rings. The molecule has 9 heavy (non-hydrogen) atoms. The molecule has 1 heterocycles. The van der Waals surface area contributed by atoms with Gasteiger partial charge in [0, 0.05) is 6.20 Å². The average molecular weight is 147 g/mol. The lowest BCUT2D eigenvalue weighted by Gasteiger charge is -2.07. The monoisotopic (exact) mass is 147 g/mol. The van der Waals surface area contributed by atoms with Crippen molar-refractivity contribution in [1.29, 1.82) is 0 Å². The van der Waals surface area contributed by atoms with Gasteiger partial charge in [0.2, 0.25) is 5.85 Å². The van der Waals surface area contributed by atoms with Crippen molar-refractivity contribution in [3.63, 3.8) is 0 Å². The largest absolute Gasteiger partial charge is 0.358 e. The summed E-state index contributed by atoms with van der Waals surface area (Å²) in [5, 5.41) is 8.68. The van der Waals surface area contributed by atoms with Crippen LogP contribution in [0.1, 0.15) is 11.8 Å². The number of hydrogen-bond acceptors (Lipinski definition) is 3. The van der Waals surface area contributed by atoms with Gasteiger partial charge in [0.1, 0.15) is 0 Å². The third-order valence-corrected chi connectivity index (χ3v) is 1.84. The maximum absolute atomic E-state index is 12.5. The first-order valence-corrected chi connectivity index (χ1v) is 3.29. The van der Waals surface area contributed by atoms with E-state index in [1.807, 2.05) is 0 Å². The summed E-state index contributed by atoms with van der Waals surface area (Å²) in [5.74, 6) is -2.22. The molecule has 0 bridgehead atoms. The molecule has 0 aliphatic carbocycles. The molecule has 1 atom stereocenters. The van der Waals surface area contributed by atoms with E-state index in [4.69, 9.17) is 5.11 Å². The molecule has 0 aromatic carbocycles. The molecule has 0 spiro atoms. The Morgan fingerprint density at radius 2 is 2.56 bits per heavy atom. The third-order valence-electron chi connectivity index (χ3n) is 0.882. The number of halogens is 1. The predicted octanol–water partition coefficient (Wildman–Crippen LogP) is 1.28. The van der Waals surface area contributed by atoms with Gasteiger partial charge in [-0.15, -0.1) is 11.3 Å². The zero-order valence-electron chi connectivity index (χ0n) is 4.84. The standard InChI is InChI=1S/C5H6FNOS/c1-5(6,8)4-2-7-3-9-4/h2-3,8H,1H3. The van der Waals surface area contributed by atoms with E-state index in [9.17, 15) is 4.39 Å². The Hall–Kier alpha value is -0.480. The van der Waals surface area contributed by atoms with E-state index in [0.717, 1.165) is 18.3 Å². The van der Waals surface area contributed by atoms with Crippen molar-refractivity contribution in [2.24, 2.45) is 0 Å². The van der Waals surface area contributed by atoms with Crippen LogP contribution in [0, 0.1) is 0 Å². The van der Waals surface area contributed by atoms with Crippen molar-refractivity contribution in [3.05, 3.63) is 16.6 Å². The van der Waals surface area contributed by atoms with Crippen LogP contribution in [0.2, 0.25) is 0 Å². The molecule has 1 unspecified atom stereocenters. The Morgan fingerprint density at radius 3 is 2.78 bits per heavy atom. The maximum Gasteiger partial charge on any atom is 0.240 e. The van der Waals surface area contributed by atoms with Crippen LogP contribution in [0.5, 0.6) is 0 Å². The Bertz CT molecular complexity index is 179. The first-order valence-electron chi connectivity index (χ1n) is 2.41. The molecule has 2 nitrogen and oxygen atoms in total. The van der Waals surface area contributed by atoms with Crippen LogP contribution in [0.25, 0.3) is 0 Å². The van der Waals surface area contributed by atoms with Crippen LogP contribution in [0.3, 0.4) is 0 Å². The molecule has 1 aromatic heterocycles. The molecule has 0 aliphatic heterocycles.